The van der Waals surface area contributed by atoms with E-state index in [2.05, 4.69) is 40.3 Å². The molecule has 2 aromatic rings. The molecular weight excluding hydrogens is 306 g/mol. The van der Waals surface area contributed by atoms with E-state index < -0.39 is 0 Å². The standard InChI is InChI=1S/C15H18BrNO2/c1-3-17-13(15-12(16)9-10-19-15)14(18-2)11-7-5-4-6-8-11/h4-10,13-14,17H,3H2,1-2H3. The van der Waals surface area contributed by atoms with E-state index in [0.29, 0.717) is 0 Å². The van der Waals surface area contributed by atoms with Crippen LogP contribution in [0.3, 0.4) is 0 Å². The molecule has 4 heteroatoms. The van der Waals surface area contributed by atoms with Gasteiger partial charge in [0, 0.05) is 7.11 Å². The molecule has 0 amide bonds. The third-order valence-corrected chi connectivity index (χ3v) is 3.69. The third kappa shape index (κ3) is 3.26. The maximum Gasteiger partial charge on any atom is 0.137 e. The second kappa shape index (κ2) is 6.89. The quantitative estimate of drug-likeness (QED) is 0.869. The van der Waals surface area contributed by atoms with Gasteiger partial charge in [-0.2, -0.15) is 0 Å². The van der Waals surface area contributed by atoms with Gasteiger partial charge in [0.15, 0.2) is 0 Å². The van der Waals surface area contributed by atoms with Gasteiger partial charge in [0.2, 0.25) is 0 Å². The van der Waals surface area contributed by atoms with E-state index in [0.717, 1.165) is 22.3 Å². The van der Waals surface area contributed by atoms with E-state index in [-0.39, 0.29) is 12.1 Å². The van der Waals surface area contributed by atoms with Crippen molar-refractivity contribution in [3.05, 3.63) is 58.5 Å². The summed E-state index contributed by atoms with van der Waals surface area (Å²) in [6.07, 6.45) is 1.59. The number of rotatable bonds is 6. The Labute approximate surface area is 122 Å². The minimum absolute atomic E-state index is 0.0261. The fourth-order valence-corrected chi connectivity index (χ4v) is 2.64. The second-order valence-corrected chi connectivity index (χ2v) is 5.09. The van der Waals surface area contributed by atoms with Crippen LogP contribution in [0.5, 0.6) is 0 Å². The molecule has 1 heterocycles. The van der Waals surface area contributed by atoms with Gasteiger partial charge in [-0.15, -0.1) is 0 Å². The van der Waals surface area contributed by atoms with Crippen molar-refractivity contribution in [3.63, 3.8) is 0 Å². The van der Waals surface area contributed by atoms with E-state index >= 15 is 0 Å². The van der Waals surface area contributed by atoms with Crippen molar-refractivity contribution < 1.29 is 9.15 Å². The van der Waals surface area contributed by atoms with E-state index in [1.807, 2.05) is 24.3 Å². The van der Waals surface area contributed by atoms with Crippen LogP contribution in [0, 0.1) is 0 Å². The molecule has 102 valence electrons. The monoisotopic (exact) mass is 323 g/mol. The molecule has 0 fully saturated rings. The number of halogens is 1. The Bertz CT molecular complexity index is 498. The number of furan rings is 1. The van der Waals surface area contributed by atoms with Gasteiger partial charge in [-0.05, 0) is 34.1 Å². The van der Waals surface area contributed by atoms with Gasteiger partial charge in [-0.3, -0.25) is 0 Å². The molecule has 0 saturated heterocycles. The van der Waals surface area contributed by atoms with Crippen LogP contribution in [0.4, 0.5) is 0 Å². The van der Waals surface area contributed by atoms with Crippen LogP contribution >= 0.6 is 15.9 Å². The Morgan fingerprint density at radius 2 is 2.00 bits per heavy atom. The summed E-state index contributed by atoms with van der Waals surface area (Å²) in [6, 6.07) is 12.0. The average Bonchev–Trinajstić information content (AvgIpc) is 2.86. The lowest BCUT2D eigenvalue weighted by Gasteiger charge is -2.26. The van der Waals surface area contributed by atoms with E-state index in [1.54, 1.807) is 13.4 Å². The van der Waals surface area contributed by atoms with Gasteiger partial charge in [-0.1, -0.05) is 37.3 Å². The molecule has 0 aliphatic rings. The molecule has 0 saturated carbocycles. The number of likely N-dealkylation sites (N-methyl/N-ethyl adjacent to an activating group) is 1. The zero-order valence-electron chi connectivity index (χ0n) is 11.1. The molecule has 2 rings (SSSR count). The first-order valence-electron chi connectivity index (χ1n) is 6.32. The average molecular weight is 324 g/mol. The van der Waals surface area contributed by atoms with Crippen molar-refractivity contribution in [2.75, 3.05) is 13.7 Å². The highest BCUT2D eigenvalue weighted by Crippen LogP contribution is 2.35. The maximum absolute atomic E-state index is 5.69. The highest BCUT2D eigenvalue weighted by molar-refractivity contribution is 9.10. The fourth-order valence-electron chi connectivity index (χ4n) is 2.19. The van der Waals surface area contributed by atoms with Crippen LogP contribution in [-0.2, 0) is 4.74 Å². The summed E-state index contributed by atoms with van der Waals surface area (Å²) < 4.78 is 12.2. The summed E-state index contributed by atoms with van der Waals surface area (Å²) >= 11 is 3.52. The van der Waals surface area contributed by atoms with Crippen LogP contribution in [0.15, 0.2) is 51.6 Å². The first-order valence-corrected chi connectivity index (χ1v) is 7.11. The summed E-state index contributed by atoms with van der Waals surface area (Å²) in [4.78, 5) is 0. The van der Waals surface area contributed by atoms with Gasteiger partial charge in [0.05, 0.1) is 16.8 Å². The van der Waals surface area contributed by atoms with Crippen LogP contribution in [0.2, 0.25) is 0 Å². The number of benzene rings is 1. The number of hydrogen-bond donors (Lipinski definition) is 1. The summed E-state index contributed by atoms with van der Waals surface area (Å²) in [7, 11) is 1.72. The van der Waals surface area contributed by atoms with Gasteiger partial charge in [-0.25, -0.2) is 0 Å². The first kappa shape index (κ1) is 14.3. The van der Waals surface area contributed by atoms with E-state index in [1.165, 1.54) is 0 Å². The minimum atomic E-state index is -0.0939. The highest BCUT2D eigenvalue weighted by Gasteiger charge is 2.28. The van der Waals surface area contributed by atoms with Crippen molar-refractivity contribution in [1.82, 2.24) is 5.32 Å². The Balaban J connectivity index is 2.34. The normalized spacial score (nSPS) is 14.3. The largest absolute Gasteiger partial charge is 0.466 e. The molecule has 0 aliphatic carbocycles. The van der Waals surface area contributed by atoms with Gasteiger partial charge in [0.25, 0.3) is 0 Å². The molecule has 0 spiro atoms. The smallest absolute Gasteiger partial charge is 0.137 e. The van der Waals surface area contributed by atoms with Crippen LogP contribution in [-0.4, -0.2) is 13.7 Å². The van der Waals surface area contributed by atoms with Crippen LogP contribution in [0.25, 0.3) is 0 Å². The van der Waals surface area contributed by atoms with Crippen molar-refractivity contribution in [2.24, 2.45) is 0 Å². The lowest BCUT2D eigenvalue weighted by Crippen LogP contribution is -2.28. The first-order chi connectivity index (χ1) is 9.27. The maximum atomic E-state index is 5.69. The molecule has 1 aromatic carbocycles. The van der Waals surface area contributed by atoms with Crippen molar-refractivity contribution in [3.8, 4) is 0 Å². The topological polar surface area (TPSA) is 34.4 Å². The molecular formula is C15H18BrNO2. The predicted octanol–water partition coefficient (Wildman–Crippen LogP) is 4.08. The summed E-state index contributed by atoms with van der Waals surface area (Å²) in [5.74, 6) is 0.859. The van der Waals surface area contributed by atoms with E-state index in [9.17, 15) is 0 Å². The van der Waals surface area contributed by atoms with Crippen molar-refractivity contribution in [1.29, 1.82) is 0 Å². The lowest BCUT2D eigenvalue weighted by atomic mass is 10.00. The van der Waals surface area contributed by atoms with Crippen molar-refractivity contribution in [2.45, 2.75) is 19.1 Å². The Morgan fingerprint density at radius 3 is 2.53 bits per heavy atom. The van der Waals surface area contributed by atoms with Gasteiger partial charge < -0.3 is 14.5 Å². The van der Waals surface area contributed by atoms with Crippen LogP contribution in [0.1, 0.15) is 30.4 Å². The SMILES string of the molecule is CCNC(c1occc1Br)C(OC)c1ccccc1. The molecule has 1 aromatic heterocycles. The predicted molar refractivity (Wildman–Crippen MR) is 79.0 cm³/mol. The highest BCUT2D eigenvalue weighted by atomic mass is 79.9. The zero-order chi connectivity index (χ0) is 13.7. The third-order valence-electron chi connectivity index (χ3n) is 3.04. The summed E-state index contributed by atoms with van der Waals surface area (Å²) in [6.45, 7) is 2.91. The van der Waals surface area contributed by atoms with E-state index in [4.69, 9.17) is 9.15 Å². The number of methoxy groups -OCH3 is 1. The fraction of sp³-hybridized carbons (Fsp3) is 0.333. The number of hydrogen-bond acceptors (Lipinski definition) is 3. The Morgan fingerprint density at radius 1 is 1.26 bits per heavy atom. The summed E-state index contributed by atoms with van der Waals surface area (Å²) in [5.41, 5.74) is 1.12. The molecule has 1 N–H and O–H groups in total. The number of ether oxygens (including phenoxy) is 1. The molecule has 2 unspecified atom stereocenters. The number of nitrogens with one attached hydrogen (secondary N) is 1. The van der Waals surface area contributed by atoms with Crippen LogP contribution < -0.4 is 5.32 Å². The van der Waals surface area contributed by atoms with Gasteiger partial charge >= 0.3 is 0 Å². The minimum Gasteiger partial charge on any atom is -0.466 e. The molecule has 2 atom stereocenters. The van der Waals surface area contributed by atoms with Gasteiger partial charge in [0.1, 0.15) is 11.9 Å². The second-order valence-electron chi connectivity index (χ2n) is 4.24. The van der Waals surface area contributed by atoms with Crippen molar-refractivity contribution >= 4 is 15.9 Å². The lowest BCUT2D eigenvalue weighted by molar-refractivity contribution is 0.0605. The Kier molecular flexibility index (Phi) is 5.19. The molecule has 3 nitrogen and oxygen atoms in total. The molecule has 0 radical (unpaired) electrons. The Hall–Kier alpha value is -1.10. The summed E-state index contributed by atoms with van der Waals surface area (Å²) in [5, 5.41) is 3.43. The molecule has 19 heavy (non-hydrogen) atoms. The molecule has 0 bridgehead atoms. The molecule has 0 aliphatic heterocycles. The zero-order valence-corrected chi connectivity index (χ0v) is 12.7.